The molecular formula is C16H20Cl2N2O2S. The van der Waals surface area contributed by atoms with E-state index in [-0.39, 0.29) is 5.91 Å². The fraction of sp³-hybridized carbons (Fsp3) is 0.500. The third-order valence-corrected chi connectivity index (χ3v) is 4.85. The van der Waals surface area contributed by atoms with Crippen molar-refractivity contribution < 1.29 is 9.53 Å². The summed E-state index contributed by atoms with van der Waals surface area (Å²) < 4.78 is 8.29. The van der Waals surface area contributed by atoms with Crippen molar-refractivity contribution in [2.24, 2.45) is 4.99 Å². The van der Waals surface area contributed by atoms with Crippen molar-refractivity contribution in [1.82, 2.24) is 4.57 Å². The molecule has 0 radical (unpaired) electrons. The zero-order chi connectivity index (χ0) is 16.8. The molecule has 2 aromatic rings. The van der Waals surface area contributed by atoms with E-state index in [2.05, 4.69) is 11.9 Å². The van der Waals surface area contributed by atoms with Crippen molar-refractivity contribution in [1.29, 1.82) is 0 Å². The van der Waals surface area contributed by atoms with Gasteiger partial charge in [-0.05, 0) is 25.5 Å². The first-order chi connectivity index (χ1) is 11.1. The first kappa shape index (κ1) is 18.5. The van der Waals surface area contributed by atoms with E-state index in [1.54, 1.807) is 6.07 Å². The highest BCUT2D eigenvalue weighted by molar-refractivity contribution is 7.16. The van der Waals surface area contributed by atoms with Crippen molar-refractivity contribution in [2.75, 3.05) is 13.2 Å². The molecule has 0 N–H and O–H groups in total. The summed E-state index contributed by atoms with van der Waals surface area (Å²) >= 11 is 13.8. The van der Waals surface area contributed by atoms with Crippen molar-refractivity contribution >= 4 is 50.7 Å². The zero-order valence-electron chi connectivity index (χ0n) is 13.3. The number of hydrogen-bond acceptors (Lipinski definition) is 3. The van der Waals surface area contributed by atoms with Crippen LogP contribution in [-0.2, 0) is 16.1 Å². The van der Waals surface area contributed by atoms with E-state index in [4.69, 9.17) is 27.9 Å². The Labute approximate surface area is 149 Å². The molecule has 0 aliphatic heterocycles. The highest BCUT2D eigenvalue weighted by atomic mass is 35.5. The van der Waals surface area contributed by atoms with Gasteiger partial charge in [0.25, 0.3) is 0 Å². The summed E-state index contributed by atoms with van der Waals surface area (Å²) in [5.41, 5.74) is 0.850. The van der Waals surface area contributed by atoms with Crippen molar-refractivity contribution in [3.8, 4) is 0 Å². The summed E-state index contributed by atoms with van der Waals surface area (Å²) in [4.78, 5) is 16.9. The van der Waals surface area contributed by atoms with Crippen molar-refractivity contribution in [2.45, 2.75) is 39.7 Å². The number of carbonyl (C=O) groups is 1. The van der Waals surface area contributed by atoms with E-state index in [9.17, 15) is 4.79 Å². The van der Waals surface area contributed by atoms with Gasteiger partial charge in [-0.25, -0.2) is 0 Å². The number of ether oxygens (including phenoxy) is 1. The molecule has 0 saturated heterocycles. The number of unbranched alkanes of at least 4 members (excludes halogenated alkanes) is 1. The second-order valence-corrected chi connectivity index (χ2v) is 6.93. The molecule has 1 heterocycles. The number of rotatable bonds is 7. The summed E-state index contributed by atoms with van der Waals surface area (Å²) in [6.07, 6.45) is 2.28. The molecule has 1 amide bonds. The molecule has 4 nitrogen and oxygen atoms in total. The fourth-order valence-corrected chi connectivity index (χ4v) is 4.07. The average molecular weight is 375 g/mol. The molecule has 0 fully saturated rings. The predicted octanol–water partition coefficient (Wildman–Crippen LogP) is 4.66. The first-order valence-corrected chi connectivity index (χ1v) is 9.27. The Morgan fingerprint density at radius 1 is 1.35 bits per heavy atom. The van der Waals surface area contributed by atoms with E-state index >= 15 is 0 Å². The van der Waals surface area contributed by atoms with Gasteiger partial charge in [0, 0.05) is 24.6 Å². The monoisotopic (exact) mass is 374 g/mol. The van der Waals surface area contributed by atoms with Crippen LogP contribution in [0, 0.1) is 0 Å². The van der Waals surface area contributed by atoms with E-state index in [1.807, 2.05) is 17.6 Å². The van der Waals surface area contributed by atoms with E-state index in [0.29, 0.717) is 41.0 Å². The molecule has 0 unspecified atom stereocenters. The molecule has 1 aromatic carbocycles. The van der Waals surface area contributed by atoms with Gasteiger partial charge in [0.2, 0.25) is 5.91 Å². The summed E-state index contributed by atoms with van der Waals surface area (Å²) in [5.74, 6) is -0.106. The van der Waals surface area contributed by atoms with Crippen LogP contribution in [-0.4, -0.2) is 23.7 Å². The molecule has 1 aromatic heterocycles. The summed E-state index contributed by atoms with van der Waals surface area (Å²) in [7, 11) is 0. The van der Waals surface area contributed by atoms with Crippen LogP contribution < -0.4 is 4.80 Å². The third kappa shape index (κ3) is 4.80. The quantitative estimate of drug-likeness (QED) is 0.661. The Balaban J connectivity index is 2.49. The number of benzene rings is 1. The Morgan fingerprint density at radius 3 is 2.83 bits per heavy atom. The smallest absolute Gasteiger partial charge is 0.248 e. The Bertz CT molecular complexity index is 752. The minimum atomic E-state index is -0.106. The van der Waals surface area contributed by atoms with Crippen LogP contribution in [0.5, 0.6) is 0 Å². The lowest BCUT2D eigenvalue weighted by Gasteiger charge is -2.07. The molecule has 0 bridgehead atoms. The zero-order valence-corrected chi connectivity index (χ0v) is 15.6. The molecule has 2 rings (SSSR count). The lowest BCUT2D eigenvalue weighted by Crippen LogP contribution is -2.19. The number of halogens is 2. The molecule has 0 atom stereocenters. The highest BCUT2D eigenvalue weighted by Crippen LogP contribution is 2.29. The van der Waals surface area contributed by atoms with Crippen LogP contribution in [0.3, 0.4) is 0 Å². The van der Waals surface area contributed by atoms with Crippen molar-refractivity contribution in [3.63, 3.8) is 0 Å². The molecule has 0 aliphatic carbocycles. The van der Waals surface area contributed by atoms with E-state index in [0.717, 1.165) is 23.1 Å². The standard InChI is InChI=1S/C16H20Cl2N2O2S/c1-3-5-6-14(21)19-16-20(7-8-22-4-2)15-12(18)9-11(17)10-13(15)23-16/h9-10H,3-8H2,1-2H3. The lowest BCUT2D eigenvalue weighted by atomic mass is 10.2. The van der Waals surface area contributed by atoms with Gasteiger partial charge in [-0.2, -0.15) is 4.99 Å². The molecule has 23 heavy (non-hydrogen) atoms. The van der Waals surface area contributed by atoms with Gasteiger partial charge in [0.1, 0.15) is 0 Å². The molecule has 0 saturated carbocycles. The van der Waals surface area contributed by atoms with Crippen LogP contribution in [0.2, 0.25) is 10.0 Å². The second-order valence-electron chi connectivity index (χ2n) is 5.08. The third-order valence-electron chi connectivity index (χ3n) is 3.32. The first-order valence-electron chi connectivity index (χ1n) is 7.70. The molecule has 126 valence electrons. The van der Waals surface area contributed by atoms with Gasteiger partial charge < -0.3 is 9.30 Å². The van der Waals surface area contributed by atoms with Crippen molar-refractivity contribution in [3.05, 3.63) is 27.0 Å². The summed E-state index contributed by atoms with van der Waals surface area (Å²) in [6.45, 7) is 5.77. The number of carbonyl (C=O) groups excluding carboxylic acids is 1. The maximum Gasteiger partial charge on any atom is 0.248 e. The highest BCUT2D eigenvalue weighted by Gasteiger charge is 2.12. The minimum Gasteiger partial charge on any atom is -0.380 e. The average Bonchev–Trinajstić information content (AvgIpc) is 2.83. The number of fused-ring (bicyclic) bond motifs is 1. The maximum absolute atomic E-state index is 12.0. The molecule has 7 heteroatoms. The molecular weight excluding hydrogens is 355 g/mol. The van der Waals surface area contributed by atoms with Gasteiger partial charge in [-0.1, -0.05) is 47.9 Å². The van der Waals surface area contributed by atoms with Crippen LogP contribution in [0.15, 0.2) is 17.1 Å². The molecule has 0 spiro atoms. The number of amides is 1. The Kier molecular flexibility index (Phi) is 7.09. The lowest BCUT2D eigenvalue weighted by molar-refractivity contribution is -0.118. The largest absolute Gasteiger partial charge is 0.380 e. The van der Waals surface area contributed by atoms with Crippen LogP contribution in [0.1, 0.15) is 33.1 Å². The van der Waals surface area contributed by atoms with Gasteiger partial charge in [-0.15, -0.1) is 0 Å². The van der Waals surface area contributed by atoms with E-state index < -0.39 is 0 Å². The Morgan fingerprint density at radius 2 is 2.13 bits per heavy atom. The normalized spacial score (nSPS) is 12.3. The number of aromatic nitrogens is 1. The SMILES string of the molecule is CCCCC(=O)N=c1sc2cc(Cl)cc(Cl)c2n1CCOCC. The Hall–Kier alpha value is -0.880. The predicted molar refractivity (Wildman–Crippen MR) is 96.4 cm³/mol. The summed E-state index contributed by atoms with van der Waals surface area (Å²) in [6, 6.07) is 3.55. The number of nitrogens with zero attached hydrogens (tertiary/aromatic N) is 2. The van der Waals surface area contributed by atoms with Crippen LogP contribution in [0.25, 0.3) is 10.2 Å². The van der Waals surface area contributed by atoms with Gasteiger partial charge in [0.05, 0.1) is 21.8 Å². The minimum absolute atomic E-state index is 0.106. The number of hydrogen-bond donors (Lipinski definition) is 0. The van der Waals surface area contributed by atoms with Gasteiger partial charge >= 0.3 is 0 Å². The van der Waals surface area contributed by atoms with Gasteiger partial charge in [-0.3, -0.25) is 4.79 Å². The van der Waals surface area contributed by atoms with Crippen LogP contribution in [0.4, 0.5) is 0 Å². The summed E-state index contributed by atoms with van der Waals surface area (Å²) in [5, 5.41) is 1.13. The maximum atomic E-state index is 12.0. The molecule has 0 aliphatic rings. The van der Waals surface area contributed by atoms with Gasteiger partial charge in [0.15, 0.2) is 4.80 Å². The number of thiazole rings is 1. The fourth-order valence-electron chi connectivity index (χ4n) is 2.21. The van der Waals surface area contributed by atoms with E-state index in [1.165, 1.54) is 11.3 Å². The second kappa shape index (κ2) is 8.83. The topological polar surface area (TPSA) is 43.6 Å². The van der Waals surface area contributed by atoms with Crippen LogP contribution >= 0.6 is 34.5 Å².